The number of nitrogens with zero attached hydrogens (tertiary/aromatic N) is 2. The summed E-state index contributed by atoms with van der Waals surface area (Å²) in [4.78, 5) is 13.5. The van der Waals surface area contributed by atoms with Crippen molar-refractivity contribution < 1.29 is 18.7 Å². The Bertz CT molecular complexity index is 949. The Balaban J connectivity index is 1.77. The van der Waals surface area contributed by atoms with Crippen LogP contribution in [0.15, 0.2) is 51.8 Å². The lowest BCUT2D eigenvalue weighted by molar-refractivity contribution is 0.102. The van der Waals surface area contributed by atoms with Crippen molar-refractivity contribution >= 4 is 23.7 Å². The van der Waals surface area contributed by atoms with Crippen LogP contribution in [0.25, 0.3) is 11.5 Å². The van der Waals surface area contributed by atoms with Crippen LogP contribution in [-0.4, -0.2) is 35.6 Å². The van der Waals surface area contributed by atoms with Gasteiger partial charge in [0.15, 0.2) is 0 Å². The summed E-state index contributed by atoms with van der Waals surface area (Å²) in [5.74, 6) is 1.12. The maximum atomic E-state index is 12.5. The average Bonchev–Trinajstić information content (AvgIpc) is 3.15. The summed E-state index contributed by atoms with van der Waals surface area (Å²) >= 11 is 1.69. The van der Waals surface area contributed by atoms with Crippen molar-refractivity contribution in [2.24, 2.45) is 0 Å². The number of nitrogens with one attached hydrogen (secondary N) is 1. The zero-order valence-electron chi connectivity index (χ0n) is 16.1. The molecule has 0 aliphatic rings. The van der Waals surface area contributed by atoms with Gasteiger partial charge < -0.3 is 13.9 Å². The van der Waals surface area contributed by atoms with Crippen LogP contribution in [-0.2, 0) is 0 Å². The topological polar surface area (TPSA) is 86.5 Å². The first-order valence-corrected chi connectivity index (χ1v) is 9.51. The molecule has 1 amide bonds. The third-order valence-corrected chi connectivity index (χ3v) is 4.71. The Morgan fingerprint density at radius 1 is 1.07 bits per heavy atom. The van der Waals surface area contributed by atoms with Gasteiger partial charge in [0.2, 0.25) is 5.89 Å². The molecule has 0 spiro atoms. The fraction of sp³-hybridized carbons (Fsp3) is 0.250. The van der Waals surface area contributed by atoms with Crippen molar-refractivity contribution in [2.45, 2.75) is 24.0 Å². The van der Waals surface area contributed by atoms with Crippen LogP contribution in [0.4, 0.5) is 6.01 Å². The predicted molar refractivity (Wildman–Crippen MR) is 108 cm³/mol. The number of thioether (sulfide) groups is 1. The summed E-state index contributed by atoms with van der Waals surface area (Å²) in [7, 11) is 3.12. The number of aromatic nitrogens is 2. The zero-order valence-corrected chi connectivity index (χ0v) is 16.9. The van der Waals surface area contributed by atoms with Crippen LogP contribution in [0.2, 0.25) is 0 Å². The van der Waals surface area contributed by atoms with Crippen molar-refractivity contribution in [3.63, 3.8) is 0 Å². The van der Waals surface area contributed by atoms with Gasteiger partial charge in [-0.2, -0.15) is 0 Å². The number of carbonyl (C=O) groups is 1. The van der Waals surface area contributed by atoms with E-state index in [1.807, 2.05) is 18.2 Å². The number of hydrogen-bond donors (Lipinski definition) is 1. The minimum absolute atomic E-state index is 0.0173. The quantitative estimate of drug-likeness (QED) is 0.585. The molecular formula is C20H21N3O4S. The molecular weight excluding hydrogens is 378 g/mol. The van der Waals surface area contributed by atoms with E-state index in [0.717, 1.165) is 4.90 Å². The maximum absolute atomic E-state index is 12.5. The Kier molecular flexibility index (Phi) is 6.20. The highest BCUT2D eigenvalue weighted by molar-refractivity contribution is 7.99. The molecule has 0 atom stereocenters. The summed E-state index contributed by atoms with van der Waals surface area (Å²) in [6.07, 6.45) is 0. The first-order chi connectivity index (χ1) is 13.5. The van der Waals surface area contributed by atoms with Crippen molar-refractivity contribution in [3.8, 4) is 23.0 Å². The highest BCUT2D eigenvalue weighted by Gasteiger charge is 2.15. The van der Waals surface area contributed by atoms with Gasteiger partial charge in [0.05, 0.1) is 14.2 Å². The van der Waals surface area contributed by atoms with Crippen molar-refractivity contribution in [1.29, 1.82) is 0 Å². The van der Waals surface area contributed by atoms with Gasteiger partial charge in [0.25, 0.3) is 5.91 Å². The number of anilines is 1. The number of rotatable bonds is 7. The smallest absolute Gasteiger partial charge is 0.322 e. The maximum Gasteiger partial charge on any atom is 0.322 e. The SMILES string of the molecule is COc1cc(OC)cc(-c2nnc(NC(=O)c3cccc(SC(C)C)c3)o2)c1. The molecule has 0 saturated heterocycles. The first kappa shape index (κ1) is 19.8. The standard InChI is InChI=1S/C20H21N3O4S/c1-12(2)28-17-7-5-6-13(10-17)18(24)21-20-23-22-19(27-20)14-8-15(25-3)11-16(9-14)26-4/h5-12H,1-4H3,(H,21,23,24). The van der Waals surface area contributed by atoms with E-state index in [-0.39, 0.29) is 17.8 Å². The third kappa shape index (κ3) is 4.83. The summed E-state index contributed by atoms with van der Waals surface area (Å²) in [5.41, 5.74) is 1.15. The second-order valence-electron chi connectivity index (χ2n) is 6.16. The van der Waals surface area contributed by atoms with Gasteiger partial charge in [-0.05, 0) is 30.3 Å². The minimum atomic E-state index is -0.315. The fourth-order valence-corrected chi connectivity index (χ4v) is 3.37. The Hall–Kier alpha value is -3.00. The van der Waals surface area contributed by atoms with Crippen LogP contribution in [0.1, 0.15) is 24.2 Å². The largest absolute Gasteiger partial charge is 0.497 e. The number of carbonyl (C=O) groups excluding carboxylic acids is 1. The molecule has 0 bridgehead atoms. The molecule has 7 nitrogen and oxygen atoms in total. The number of hydrogen-bond acceptors (Lipinski definition) is 7. The molecule has 0 aliphatic carbocycles. The van der Waals surface area contributed by atoms with Gasteiger partial charge in [-0.15, -0.1) is 16.9 Å². The summed E-state index contributed by atoms with van der Waals surface area (Å²) in [6.45, 7) is 4.20. The lowest BCUT2D eigenvalue weighted by Gasteiger charge is -2.07. The second kappa shape index (κ2) is 8.79. The lowest BCUT2D eigenvalue weighted by Crippen LogP contribution is -2.12. The van der Waals surface area contributed by atoms with Crippen molar-refractivity contribution in [3.05, 3.63) is 48.0 Å². The van der Waals surface area contributed by atoms with Crippen LogP contribution < -0.4 is 14.8 Å². The molecule has 3 aromatic rings. The Morgan fingerprint density at radius 3 is 2.43 bits per heavy atom. The predicted octanol–water partition coefficient (Wildman–Crippen LogP) is 4.51. The first-order valence-electron chi connectivity index (χ1n) is 8.63. The summed E-state index contributed by atoms with van der Waals surface area (Å²) in [6, 6.07) is 12.6. The summed E-state index contributed by atoms with van der Waals surface area (Å²) in [5, 5.41) is 11.0. The minimum Gasteiger partial charge on any atom is -0.497 e. The molecule has 0 radical (unpaired) electrons. The van der Waals surface area contributed by atoms with Crippen molar-refractivity contribution in [1.82, 2.24) is 10.2 Å². The molecule has 0 aliphatic heterocycles. The summed E-state index contributed by atoms with van der Waals surface area (Å²) < 4.78 is 16.1. The molecule has 2 aromatic carbocycles. The molecule has 1 aromatic heterocycles. The second-order valence-corrected chi connectivity index (χ2v) is 7.81. The van der Waals surface area contributed by atoms with Crippen LogP contribution >= 0.6 is 11.8 Å². The molecule has 0 fully saturated rings. The van der Waals surface area contributed by atoms with Gasteiger partial charge in [-0.1, -0.05) is 25.0 Å². The van der Waals surface area contributed by atoms with Gasteiger partial charge >= 0.3 is 6.01 Å². The highest BCUT2D eigenvalue weighted by atomic mass is 32.2. The van der Waals surface area contributed by atoms with Crippen LogP contribution in [0.5, 0.6) is 11.5 Å². The van der Waals surface area contributed by atoms with Gasteiger partial charge in [-0.25, -0.2) is 0 Å². The molecule has 3 rings (SSSR count). The zero-order chi connectivity index (χ0) is 20.1. The van der Waals surface area contributed by atoms with E-state index in [1.165, 1.54) is 0 Å². The van der Waals surface area contributed by atoms with E-state index >= 15 is 0 Å². The lowest BCUT2D eigenvalue weighted by atomic mass is 10.2. The molecule has 1 N–H and O–H groups in total. The highest BCUT2D eigenvalue weighted by Crippen LogP contribution is 2.30. The van der Waals surface area contributed by atoms with E-state index in [9.17, 15) is 4.79 Å². The van der Waals surface area contributed by atoms with Gasteiger partial charge in [-0.3, -0.25) is 10.1 Å². The molecule has 28 heavy (non-hydrogen) atoms. The van der Waals surface area contributed by atoms with Crippen LogP contribution in [0, 0.1) is 0 Å². The van der Waals surface area contributed by atoms with Gasteiger partial charge in [0, 0.05) is 27.3 Å². The molecule has 8 heteroatoms. The van der Waals surface area contributed by atoms with E-state index < -0.39 is 0 Å². The van der Waals surface area contributed by atoms with Crippen LogP contribution in [0.3, 0.4) is 0 Å². The van der Waals surface area contributed by atoms with E-state index in [2.05, 4.69) is 29.4 Å². The Labute approximate surface area is 167 Å². The number of ether oxygens (including phenoxy) is 2. The van der Waals surface area contributed by atoms with E-state index in [1.54, 1.807) is 50.2 Å². The molecule has 0 saturated carbocycles. The number of benzene rings is 2. The van der Waals surface area contributed by atoms with Gasteiger partial charge in [0.1, 0.15) is 11.5 Å². The normalized spacial score (nSPS) is 10.8. The average molecular weight is 399 g/mol. The number of methoxy groups -OCH3 is 2. The Morgan fingerprint density at radius 2 is 1.79 bits per heavy atom. The third-order valence-electron chi connectivity index (χ3n) is 3.71. The fourth-order valence-electron chi connectivity index (χ4n) is 2.47. The molecule has 146 valence electrons. The molecule has 1 heterocycles. The molecule has 0 unspecified atom stereocenters. The van der Waals surface area contributed by atoms with E-state index in [4.69, 9.17) is 13.9 Å². The number of amides is 1. The van der Waals surface area contributed by atoms with Crippen molar-refractivity contribution in [2.75, 3.05) is 19.5 Å². The van der Waals surface area contributed by atoms with E-state index in [0.29, 0.717) is 27.9 Å². The monoisotopic (exact) mass is 399 g/mol.